The SMILES string of the molecule is CC/C(C)=C\C(=C/N(C)[C@@H](C)C(=O)N(C)C)c1ccc(-c2cncc3ccccc23)cc1. The molecule has 2 aromatic carbocycles. The van der Waals surface area contributed by atoms with Crippen LogP contribution in [-0.4, -0.2) is 47.9 Å². The highest BCUT2D eigenvalue weighted by Gasteiger charge is 2.18. The van der Waals surface area contributed by atoms with Crippen molar-refractivity contribution >= 4 is 22.3 Å². The van der Waals surface area contributed by atoms with Crippen LogP contribution in [0.4, 0.5) is 0 Å². The van der Waals surface area contributed by atoms with Crippen LogP contribution in [0.2, 0.25) is 0 Å². The van der Waals surface area contributed by atoms with Crippen LogP contribution >= 0.6 is 0 Å². The molecule has 1 atom stereocenters. The van der Waals surface area contributed by atoms with E-state index in [1.807, 2.05) is 37.3 Å². The second-order valence-electron chi connectivity index (χ2n) is 8.49. The van der Waals surface area contributed by atoms with Crippen LogP contribution in [0.3, 0.4) is 0 Å². The van der Waals surface area contributed by atoms with Gasteiger partial charge in [0.25, 0.3) is 0 Å². The minimum absolute atomic E-state index is 0.0816. The summed E-state index contributed by atoms with van der Waals surface area (Å²) in [6, 6.07) is 16.7. The van der Waals surface area contributed by atoms with E-state index < -0.39 is 0 Å². The Morgan fingerprint density at radius 1 is 1.03 bits per heavy atom. The number of nitrogens with zero attached hydrogens (tertiary/aromatic N) is 3. The van der Waals surface area contributed by atoms with Crippen molar-refractivity contribution in [1.29, 1.82) is 0 Å². The van der Waals surface area contributed by atoms with Gasteiger partial charge in [0.2, 0.25) is 5.91 Å². The molecule has 0 unspecified atom stereocenters. The van der Waals surface area contributed by atoms with Crippen molar-refractivity contribution < 1.29 is 4.79 Å². The summed E-state index contributed by atoms with van der Waals surface area (Å²) in [5.41, 5.74) is 5.76. The maximum Gasteiger partial charge on any atom is 0.244 e. The number of benzene rings is 2. The minimum Gasteiger partial charge on any atom is -0.368 e. The highest BCUT2D eigenvalue weighted by Crippen LogP contribution is 2.29. The number of likely N-dealkylation sites (N-methyl/N-ethyl adjacent to an activating group) is 2. The van der Waals surface area contributed by atoms with Crippen molar-refractivity contribution in [2.45, 2.75) is 33.2 Å². The van der Waals surface area contributed by atoms with E-state index in [1.54, 1.807) is 19.0 Å². The topological polar surface area (TPSA) is 36.4 Å². The molecule has 0 saturated heterocycles. The van der Waals surface area contributed by atoms with E-state index in [0.717, 1.165) is 34.1 Å². The number of rotatable bonds is 7. The fourth-order valence-electron chi connectivity index (χ4n) is 3.63. The van der Waals surface area contributed by atoms with Crippen molar-refractivity contribution in [3.63, 3.8) is 0 Å². The summed E-state index contributed by atoms with van der Waals surface area (Å²) in [4.78, 5) is 20.5. The van der Waals surface area contributed by atoms with Gasteiger partial charge in [-0.3, -0.25) is 9.78 Å². The lowest BCUT2D eigenvalue weighted by Gasteiger charge is -2.26. The van der Waals surface area contributed by atoms with Gasteiger partial charge in [-0.05, 0) is 42.4 Å². The van der Waals surface area contributed by atoms with Crippen LogP contribution in [-0.2, 0) is 4.79 Å². The lowest BCUT2D eigenvalue weighted by molar-refractivity contribution is -0.132. The van der Waals surface area contributed by atoms with Crippen molar-refractivity contribution in [3.8, 4) is 11.1 Å². The fraction of sp³-hybridized carbons (Fsp3) is 0.286. The number of allylic oxidation sites excluding steroid dienone is 3. The molecule has 0 aliphatic heterocycles. The van der Waals surface area contributed by atoms with Crippen molar-refractivity contribution in [2.75, 3.05) is 21.1 Å². The van der Waals surface area contributed by atoms with Crippen LogP contribution in [0, 0.1) is 0 Å². The number of amides is 1. The van der Waals surface area contributed by atoms with E-state index >= 15 is 0 Å². The summed E-state index contributed by atoms with van der Waals surface area (Å²) in [6.45, 7) is 6.23. The van der Waals surface area contributed by atoms with E-state index in [0.29, 0.717) is 0 Å². The van der Waals surface area contributed by atoms with Crippen LogP contribution in [0.5, 0.6) is 0 Å². The summed E-state index contributed by atoms with van der Waals surface area (Å²) >= 11 is 0. The first-order valence-electron chi connectivity index (χ1n) is 11.1. The number of hydrogen-bond donors (Lipinski definition) is 0. The molecule has 0 aliphatic rings. The molecule has 0 spiro atoms. The fourth-order valence-corrected chi connectivity index (χ4v) is 3.63. The normalized spacial score (nSPS) is 13.2. The summed E-state index contributed by atoms with van der Waals surface area (Å²) in [5, 5.41) is 2.33. The number of fused-ring (bicyclic) bond motifs is 1. The maximum atomic E-state index is 12.4. The van der Waals surface area contributed by atoms with E-state index in [2.05, 4.69) is 73.6 Å². The molecule has 1 amide bonds. The Balaban J connectivity index is 1.98. The van der Waals surface area contributed by atoms with Crippen molar-refractivity contribution in [1.82, 2.24) is 14.8 Å². The highest BCUT2D eigenvalue weighted by molar-refractivity contribution is 5.96. The zero-order valence-electron chi connectivity index (χ0n) is 20.0. The highest BCUT2D eigenvalue weighted by atomic mass is 16.2. The van der Waals surface area contributed by atoms with Gasteiger partial charge in [-0.1, -0.05) is 67.1 Å². The zero-order valence-corrected chi connectivity index (χ0v) is 20.0. The summed E-state index contributed by atoms with van der Waals surface area (Å²) in [6.07, 6.45) is 9.08. The van der Waals surface area contributed by atoms with Crippen molar-refractivity contribution in [3.05, 3.63) is 84.3 Å². The van der Waals surface area contributed by atoms with Crippen molar-refractivity contribution in [2.24, 2.45) is 0 Å². The molecule has 0 saturated carbocycles. The molecule has 4 heteroatoms. The Morgan fingerprint density at radius 2 is 1.72 bits per heavy atom. The van der Waals surface area contributed by atoms with E-state index in [4.69, 9.17) is 0 Å². The smallest absolute Gasteiger partial charge is 0.244 e. The Morgan fingerprint density at radius 3 is 2.38 bits per heavy atom. The van der Waals surface area contributed by atoms with Crippen LogP contribution in [0.25, 0.3) is 27.5 Å². The molecule has 32 heavy (non-hydrogen) atoms. The maximum absolute atomic E-state index is 12.4. The predicted octanol–water partition coefficient (Wildman–Crippen LogP) is 6.01. The minimum atomic E-state index is -0.239. The Bertz CT molecular complexity index is 1140. The molecular weight excluding hydrogens is 394 g/mol. The van der Waals surface area contributed by atoms with Gasteiger partial charge in [0.15, 0.2) is 0 Å². The summed E-state index contributed by atoms with van der Waals surface area (Å²) < 4.78 is 0. The van der Waals surface area contributed by atoms with Gasteiger partial charge in [-0.15, -0.1) is 0 Å². The third-order valence-electron chi connectivity index (χ3n) is 5.91. The molecule has 4 nitrogen and oxygen atoms in total. The molecule has 1 heterocycles. The molecule has 0 N–H and O–H groups in total. The first kappa shape index (κ1) is 23.3. The standard InChI is InChI=1S/C28H33N3O/c1-7-20(2)16-25(19-31(6)21(3)28(32)30(4)5)22-12-14-23(15-13-22)27-18-29-17-24-10-8-9-11-26(24)27/h8-19,21H,7H2,1-6H3/b20-16-,25-19+/t21-/m0/s1. The van der Waals surface area contributed by atoms with Gasteiger partial charge in [-0.25, -0.2) is 0 Å². The molecule has 166 valence electrons. The molecule has 3 rings (SSSR count). The Kier molecular flexibility index (Phi) is 7.47. The first-order chi connectivity index (χ1) is 15.3. The average molecular weight is 428 g/mol. The van der Waals surface area contributed by atoms with Crippen LogP contribution in [0.1, 0.15) is 32.8 Å². The third kappa shape index (κ3) is 5.25. The zero-order chi connectivity index (χ0) is 23.3. The number of carbonyl (C=O) groups is 1. The first-order valence-corrected chi connectivity index (χ1v) is 11.1. The molecule has 3 aromatic rings. The van der Waals surface area contributed by atoms with Gasteiger partial charge in [-0.2, -0.15) is 0 Å². The Labute approximate surface area is 191 Å². The quantitative estimate of drug-likeness (QED) is 0.433. The number of aromatic nitrogens is 1. The lowest BCUT2D eigenvalue weighted by atomic mass is 9.97. The Hall–Kier alpha value is -3.40. The molecule has 0 aliphatic carbocycles. The van der Waals surface area contributed by atoms with Gasteiger partial charge in [0, 0.05) is 50.7 Å². The number of hydrogen-bond acceptors (Lipinski definition) is 3. The number of pyridine rings is 1. The van der Waals surface area contributed by atoms with E-state index in [1.165, 1.54) is 11.0 Å². The largest absolute Gasteiger partial charge is 0.368 e. The molecular formula is C28H33N3O. The molecule has 0 bridgehead atoms. The van der Waals surface area contributed by atoms with Gasteiger partial charge >= 0.3 is 0 Å². The second-order valence-corrected chi connectivity index (χ2v) is 8.49. The average Bonchev–Trinajstić information content (AvgIpc) is 2.82. The summed E-state index contributed by atoms with van der Waals surface area (Å²) in [5.74, 6) is 0.0816. The third-order valence-corrected chi connectivity index (χ3v) is 5.91. The molecule has 0 radical (unpaired) electrons. The van der Waals surface area contributed by atoms with Gasteiger partial charge < -0.3 is 9.80 Å². The molecule has 0 fully saturated rings. The predicted molar refractivity (Wildman–Crippen MR) is 135 cm³/mol. The van der Waals surface area contributed by atoms with Crippen LogP contribution < -0.4 is 0 Å². The van der Waals surface area contributed by atoms with Crippen LogP contribution in [0.15, 0.2) is 78.8 Å². The summed E-state index contributed by atoms with van der Waals surface area (Å²) in [7, 11) is 5.54. The van der Waals surface area contributed by atoms with Gasteiger partial charge in [0.1, 0.15) is 6.04 Å². The lowest BCUT2D eigenvalue weighted by Crippen LogP contribution is -2.40. The van der Waals surface area contributed by atoms with Gasteiger partial charge in [0.05, 0.1) is 0 Å². The van der Waals surface area contributed by atoms with E-state index in [-0.39, 0.29) is 11.9 Å². The molecule has 1 aromatic heterocycles. The second kappa shape index (κ2) is 10.3. The monoisotopic (exact) mass is 427 g/mol. The van der Waals surface area contributed by atoms with E-state index in [9.17, 15) is 4.79 Å². The number of carbonyl (C=O) groups excluding carboxylic acids is 1.